The van der Waals surface area contributed by atoms with Gasteiger partial charge < -0.3 is 4.74 Å². The summed E-state index contributed by atoms with van der Waals surface area (Å²) in [4.78, 5) is 0. The highest BCUT2D eigenvalue weighted by molar-refractivity contribution is 5.07. The molecular formula is C11H18O. The molecule has 1 heteroatoms. The van der Waals surface area contributed by atoms with Gasteiger partial charge in [0.1, 0.15) is 0 Å². The van der Waals surface area contributed by atoms with Crippen molar-refractivity contribution >= 4 is 0 Å². The fourth-order valence-electron chi connectivity index (χ4n) is 2.41. The summed E-state index contributed by atoms with van der Waals surface area (Å²) >= 11 is 0. The minimum Gasteiger partial charge on any atom is -0.368 e. The first-order chi connectivity index (χ1) is 5.81. The smallest absolute Gasteiger partial charge is 0.0866 e. The maximum atomic E-state index is 6.03. The molecule has 2 aliphatic rings. The van der Waals surface area contributed by atoms with E-state index in [1.807, 2.05) is 0 Å². The van der Waals surface area contributed by atoms with Crippen molar-refractivity contribution in [2.75, 3.05) is 0 Å². The lowest BCUT2D eigenvalue weighted by atomic mass is 9.84. The molecule has 0 amide bonds. The van der Waals surface area contributed by atoms with Crippen LogP contribution >= 0.6 is 0 Å². The van der Waals surface area contributed by atoms with E-state index in [-0.39, 0.29) is 5.60 Å². The van der Waals surface area contributed by atoms with Crippen LogP contribution < -0.4 is 0 Å². The van der Waals surface area contributed by atoms with Gasteiger partial charge in [-0.25, -0.2) is 0 Å². The molecule has 12 heavy (non-hydrogen) atoms. The summed E-state index contributed by atoms with van der Waals surface area (Å²) in [7, 11) is 0. The first-order valence-electron chi connectivity index (χ1n) is 5.16. The van der Waals surface area contributed by atoms with Crippen molar-refractivity contribution in [1.82, 2.24) is 0 Å². The molecule has 2 atom stereocenters. The molecule has 0 saturated carbocycles. The van der Waals surface area contributed by atoms with Crippen molar-refractivity contribution in [3.05, 3.63) is 12.2 Å². The zero-order chi connectivity index (χ0) is 8.44. The molecule has 0 aromatic rings. The Kier molecular flexibility index (Phi) is 2.22. The van der Waals surface area contributed by atoms with E-state index in [4.69, 9.17) is 4.74 Å². The summed E-state index contributed by atoms with van der Waals surface area (Å²) in [5, 5.41) is 0. The quantitative estimate of drug-likeness (QED) is 0.502. The number of ether oxygens (including phenoxy) is 1. The second-order valence-corrected chi connectivity index (χ2v) is 4.18. The van der Waals surface area contributed by atoms with Crippen molar-refractivity contribution in [3.63, 3.8) is 0 Å². The van der Waals surface area contributed by atoms with Gasteiger partial charge in [-0.3, -0.25) is 0 Å². The third-order valence-corrected chi connectivity index (χ3v) is 3.04. The van der Waals surface area contributed by atoms with Gasteiger partial charge in [-0.15, -0.1) is 0 Å². The standard InChI is InChI=1S/C11H18O/c1-10-6-5-9-11(12-10)7-3-2-4-8-11/h3,7,10H,2,4-6,8-9H2,1H3/t10-,11-/m0/s1. The van der Waals surface area contributed by atoms with Crippen LogP contribution in [0.1, 0.15) is 45.4 Å². The number of hydrogen-bond acceptors (Lipinski definition) is 1. The SMILES string of the molecule is C[C@H]1CCC[C@@]2(C=CCCC2)O1. The van der Waals surface area contributed by atoms with Crippen molar-refractivity contribution in [3.8, 4) is 0 Å². The van der Waals surface area contributed by atoms with Gasteiger partial charge in [-0.2, -0.15) is 0 Å². The molecule has 68 valence electrons. The Balaban J connectivity index is 2.07. The van der Waals surface area contributed by atoms with Crippen LogP contribution in [-0.4, -0.2) is 11.7 Å². The highest BCUT2D eigenvalue weighted by atomic mass is 16.5. The minimum atomic E-state index is 0.149. The Hall–Kier alpha value is -0.300. The van der Waals surface area contributed by atoms with Crippen LogP contribution in [0.4, 0.5) is 0 Å². The van der Waals surface area contributed by atoms with E-state index in [0.29, 0.717) is 6.10 Å². The first kappa shape index (κ1) is 8.31. The monoisotopic (exact) mass is 166 g/mol. The lowest BCUT2D eigenvalue weighted by molar-refractivity contribution is -0.0976. The minimum absolute atomic E-state index is 0.149. The van der Waals surface area contributed by atoms with Gasteiger partial charge in [-0.1, -0.05) is 12.2 Å². The van der Waals surface area contributed by atoms with E-state index in [1.54, 1.807) is 0 Å². The van der Waals surface area contributed by atoms with Crippen molar-refractivity contribution in [1.29, 1.82) is 0 Å². The molecule has 1 spiro atoms. The lowest BCUT2D eigenvalue weighted by Crippen LogP contribution is -2.38. The van der Waals surface area contributed by atoms with Crippen LogP contribution in [0, 0.1) is 0 Å². The Bertz CT molecular complexity index is 185. The Morgan fingerprint density at radius 1 is 1.33 bits per heavy atom. The number of hydrogen-bond donors (Lipinski definition) is 0. The Morgan fingerprint density at radius 2 is 2.17 bits per heavy atom. The lowest BCUT2D eigenvalue weighted by Gasteiger charge is -2.40. The molecular weight excluding hydrogens is 148 g/mol. The third kappa shape index (κ3) is 1.56. The maximum absolute atomic E-state index is 6.03. The maximum Gasteiger partial charge on any atom is 0.0866 e. The fraction of sp³-hybridized carbons (Fsp3) is 0.818. The number of allylic oxidation sites excluding steroid dienone is 1. The van der Waals surface area contributed by atoms with E-state index < -0.39 is 0 Å². The zero-order valence-electron chi connectivity index (χ0n) is 7.88. The molecule has 0 aromatic heterocycles. The molecule has 0 aromatic carbocycles. The summed E-state index contributed by atoms with van der Waals surface area (Å²) < 4.78 is 6.03. The summed E-state index contributed by atoms with van der Waals surface area (Å²) in [6.07, 6.45) is 12.7. The highest BCUT2D eigenvalue weighted by Gasteiger charge is 2.33. The molecule has 1 aliphatic heterocycles. The van der Waals surface area contributed by atoms with E-state index in [2.05, 4.69) is 19.1 Å². The van der Waals surface area contributed by atoms with Crippen LogP contribution in [0.15, 0.2) is 12.2 Å². The fourth-order valence-corrected chi connectivity index (χ4v) is 2.41. The van der Waals surface area contributed by atoms with Gasteiger partial charge in [0.05, 0.1) is 11.7 Å². The van der Waals surface area contributed by atoms with Gasteiger partial charge in [0.15, 0.2) is 0 Å². The molecule has 0 N–H and O–H groups in total. The van der Waals surface area contributed by atoms with E-state index in [1.165, 1.54) is 38.5 Å². The summed E-state index contributed by atoms with van der Waals surface area (Å²) in [6, 6.07) is 0. The van der Waals surface area contributed by atoms with E-state index >= 15 is 0 Å². The molecule has 1 nitrogen and oxygen atoms in total. The highest BCUT2D eigenvalue weighted by Crippen LogP contribution is 2.36. The van der Waals surface area contributed by atoms with Crippen molar-refractivity contribution < 1.29 is 4.74 Å². The van der Waals surface area contributed by atoms with Gasteiger partial charge in [0.25, 0.3) is 0 Å². The molecule has 2 rings (SSSR count). The number of rotatable bonds is 0. The van der Waals surface area contributed by atoms with Crippen molar-refractivity contribution in [2.45, 2.75) is 57.2 Å². The van der Waals surface area contributed by atoms with Crippen LogP contribution in [-0.2, 0) is 4.74 Å². The molecule has 1 saturated heterocycles. The topological polar surface area (TPSA) is 9.23 Å². The van der Waals surface area contributed by atoms with E-state index in [0.717, 1.165) is 0 Å². The van der Waals surface area contributed by atoms with Crippen LogP contribution in [0.3, 0.4) is 0 Å². The molecule has 1 aliphatic carbocycles. The summed E-state index contributed by atoms with van der Waals surface area (Å²) in [5.41, 5.74) is 0.149. The van der Waals surface area contributed by atoms with E-state index in [9.17, 15) is 0 Å². The largest absolute Gasteiger partial charge is 0.368 e. The van der Waals surface area contributed by atoms with Gasteiger partial charge in [0, 0.05) is 0 Å². The predicted octanol–water partition coefficient (Wildman–Crippen LogP) is 3.05. The Morgan fingerprint density at radius 3 is 2.83 bits per heavy atom. The van der Waals surface area contributed by atoms with Gasteiger partial charge >= 0.3 is 0 Å². The van der Waals surface area contributed by atoms with Crippen LogP contribution in [0.25, 0.3) is 0 Å². The zero-order valence-corrected chi connectivity index (χ0v) is 7.88. The summed E-state index contributed by atoms with van der Waals surface area (Å²) in [5.74, 6) is 0. The normalized spacial score (nSPS) is 41.9. The van der Waals surface area contributed by atoms with Crippen LogP contribution in [0.2, 0.25) is 0 Å². The molecule has 0 radical (unpaired) electrons. The van der Waals surface area contributed by atoms with Gasteiger partial charge in [-0.05, 0) is 45.4 Å². The van der Waals surface area contributed by atoms with Crippen molar-refractivity contribution in [2.24, 2.45) is 0 Å². The first-order valence-corrected chi connectivity index (χ1v) is 5.16. The average Bonchev–Trinajstić information content (AvgIpc) is 2.05. The summed E-state index contributed by atoms with van der Waals surface area (Å²) in [6.45, 7) is 2.20. The molecule has 0 unspecified atom stereocenters. The molecule has 1 heterocycles. The molecule has 0 bridgehead atoms. The average molecular weight is 166 g/mol. The Labute approximate surface area is 74.8 Å². The predicted molar refractivity (Wildman–Crippen MR) is 50.1 cm³/mol. The molecule has 1 fully saturated rings. The van der Waals surface area contributed by atoms with Crippen LogP contribution in [0.5, 0.6) is 0 Å². The third-order valence-electron chi connectivity index (χ3n) is 3.04. The second-order valence-electron chi connectivity index (χ2n) is 4.18. The van der Waals surface area contributed by atoms with Gasteiger partial charge in [0.2, 0.25) is 0 Å². The second kappa shape index (κ2) is 3.21.